The summed E-state index contributed by atoms with van der Waals surface area (Å²) in [7, 11) is 0. The van der Waals surface area contributed by atoms with E-state index in [9.17, 15) is 4.79 Å². The second-order valence-electron chi connectivity index (χ2n) is 5.21. The van der Waals surface area contributed by atoms with Crippen molar-refractivity contribution >= 4 is 45.0 Å². The van der Waals surface area contributed by atoms with Crippen LogP contribution in [0.1, 0.15) is 5.56 Å². The molecule has 0 amide bonds. The molecule has 0 radical (unpaired) electrons. The number of thiazole rings is 1. The molecule has 0 spiro atoms. The van der Waals surface area contributed by atoms with Gasteiger partial charge in [-0.05, 0) is 24.6 Å². The summed E-state index contributed by atoms with van der Waals surface area (Å²) in [6, 6.07) is 16.3. The number of carboxylic acid groups (broad SMARTS) is 1. The fourth-order valence-electron chi connectivity index (χ4n) is 2.19. The Morgan fingerprint density at radius 2 is 1.75 bits per heavy atom. The van der Waals surface area contributed by atoms with Crippen molar-refractivity contribution in [3.63, 3.8) is 0 Å². The zero-order valence-corrected chi connectivity index (χ0v) is 16.0. The summed E-state index contributed by atoms with van der Waals surface area (Å²) in [6.07, 6.45) is 0. The zero-order chi connectivity index (χ0) is 17.1. The molecule has 3 aromatic rings. The average Bonchev–Trinajstić information content (AvgIpc) is 2.98. The Labute approximate surface area is 156 Å². The Morgan fingerprint density at radius 3 is 2.38 bits per heavy atom. The van der Waals surface area contributed by atoms with Crippen LogP contribution in [0.3, 0.4) is 0 Å². The minimum atomic E-state index is -0.836. The van der Waals surface area contributed by atoms with Gasteiger partial charge in [-0.2, -0.15) is 0 Å². The Balaban J connectivity index is 2.05. The quantitative estimate of drug-likeness (QED) is 0.536. The first-order valence-electron chi connectivity index (χ1n) is 7.21. The van der Waals surface area contributed by atoms with Crippen LogP contribution in [0.25, 0.3) is 21.7 Å². The number of hydrogen-bond donors (Lipinski definition) is 1. The molecule has 3 nitrogen and oxygen atoms in total. The lowest BCUT2D eigenvalue weighted by atomic mass is 10.1. The van der Waals surface area contributed by atoms with Crippen molar-refractivity contribution in [1.29, 1.82) is 0 Å². The topological polar surface area (TPSA) is 50.2 Å². The third-order valence-corrected chi connectivity index (χ3v) is 6.12. The highest BCUT2D eigenvalue weighted by Crippen LogP contribution is 2.40. The molecule has 0 aliphatic carbocycles. The maximum Gasteiger partial charge on any atom is 0.313 e. The van der Waals surface area contributed by atoms with E-state index in [1.165, 1.54) is 28.7 Å². The van der Waals surface area contributed by atoms with Crippen molar-refractivity contribution in [2.45, 2.75) is 11.3 Å². The van der Waals surface area contributed by atoms with Crippen molar-refractivity contribution in [3.05, 3.63) is 58.6 Å². The molecule has 0 aliphatic heterocycles. The van der Waals surface area contributed by atoms with Gasteiger partial charge in [0.25, 0.3) is 0 Å². The molecule has 0 atom stereocenters. The molecule has 0 saturated carbocycles. The van der Waals surface area contributed by atoms with Gasteiger partial charge in [0, 0.05) is 10.0 Å². The van der Waals surface area contributed by atoms with E-state index in [1.54, 1.807) is 0 Å². The summed E-state index contributed by atoms with van der Waals surface area (Å²) in [6.45, 7) is 2.05. The summed E-state index contributed by atoms with van der Waals surface area (Å²) in [5, 5.41) is 8.90. The number of carbonyl (C=O) groups is 1. The fourth-order valence-corrected chi connectivity index (χ4v) is 4.34. The summed E-state index contributed by atoms with van der Waals surface area (Å²) in [4.78, 5) is 16.6. The van der Waals surface area contributed by atoms with Gasteiger partial charge in [-0.25, -0.2) is 4.98 Å². The van der Waals surface area contributed by atoms with Gasteiger partial charge in [0.05, 0.1) is 16.3 Å². The minimum absolute atomic E-state index is 0.0145. The normalized spacial score (nSPS) is 10.8. The lowest BCUT2D eigenvalue weighted by Gasteiger charge is -2.03. The molecule has 1 aromatic heterocycles. The van der Waals surface area contributed by atoms with Gasteiger partial charge in [-0.3, -0.25) is 4.79 Å². The molecule has 3 rings (SSSR count). The number of hydrogen-bond acceptors (Lipinski definition) is 4. The molecule has 24 heavy (non-hydrogen) atoms. The summed E-state index contributed by atoms with van der Waals surface area (Å²) < 4.78 is 1.79. The van der Waals surface area contributed by atoms with Crippen LogP contribution in [0.5, 0.6) is 0 Å². The number of thioether (sulfide) groups is 1. The molecule has 122 valence electrons. The molecular formula is C18H14BrNO2S2. The number of halogens is 1. The average molecular weight is 420 g/mol. The number of carboxylic acids is 1. The molecule has 0 fully saturated rings. The predicted octanol–water partition coefficient (Wildman–Crippen LogP) is 5.72. The minimum Gasteiger partial charge on any atom is -0.481 e. The highest BCUT2D eigenvalue weighted by molar-refractivity contribution is 9.10. The maximum atomic E-state index is 10.8. The van der Waals surface area contributed by atoms with Crippen molar-refractivity contribution in [2.75, 3.05) is 5.75 Å². The molecule has 0 unspecified atom stereocenters. The number of benzene rings is 2. The van der Waals surface area contributed by atoms with Crippen LogP contribution in [0.15, 0.2) is 57.3 Å². The second-order valence-corrected chi connectivity index (χ2v) is 8.35. The zero-order valence-electron chi connectivity index (χ0n) is 12.8. The smallest absolute Gasteiger partial charge is 0.313 e. The van der Waals surface area contributed by atoms with E-state index in [1.807, 2.05) is 24.3 Å². The number of aliphatic carboxylic acids is 1. The second kappa shape index (κ2) is 7.51. The largest absolute Gasteiger partial charge is 0.481 e. The fraction of sp³-hybridized carbons (Fsp3) is 0.111. The number of aromatic nitrogens is 1. The van der Waals surface area contributed by atoms with Crippen LogP contribution >= 0.6 is 39.0 Å². The molecule has 0 aliphatic rings. The number of aryl methyl sites for hydroxylation is 1. The van der Waals surface area contributed by atoms with Crippen LogP contribution in [0.4, 0.5) is 0 Å². The first-order chi connectivity index (χ1) is 11.5. The van der Waals surface area contributed by atoms with Crippen LogP contribution in [-0.4, -0.2) is 21.8 Å². The monoisotopic (exact) mass is 419 g/mol. The molecule has 2 aromatic carbocycles. The predicted molar refractivity (Wildman–Crippen MR) is 104 cm³/mol. The first kappa shape index (κ1) is 17.2. The lowest BCUT2D eigenvalue weighted by molar-refractivity contribution is -0.133. The van der Waals surface area contributed by atoms with Gasteiger partial charge in [-0.1, -0.05) is 69.7 Å². The highest BCUT2D eigenvalue weighted by Gasteiger charge is 2.16. The van der Waals surface area contributed by atoms with Crippen molar-refractivity contribution in [2.24, 2.45) is 0 Å². The highest BCUT2D eigenvalue weighted by atomic mass is 79.9. The van der Waals surface area contributed by atoms with Gasteiger partial charge < -0.3 is 5.11 Å². The van der Waals surface area contributed by atoms with Gasteiger partial charge in [0.2, 0.25) is 0 Å². The van der Waals surface area contributed by atoms with E-state index in [4.69, 9.17) is 5.11 Å². The third-order valence-electron chi connectivity index (χ3n) is 3.36. The van der Waals surface area contributed by atoms with E-state index in [-0.39, 0.29) is 5.75 Å². The van der Waals surface area contributed by atoms with E-state index in [0.717, 1.165) is 30.5 Å². The number of nitrogens with zero attached hydrogens (tertiary/aromatic N) is 1. The Hall–Kier alpha value is -1.63. The van der Waals surface area contributed by atoms with Crippen molar-refractivity contribution in [3.8, 4) is 21.7 Å². The van der Waals surface area contributed by atoms with Crippen LogP contribution < -0.4 is 0 Å². The molecule has 1 N–H and O–H groups in total. The molecule has 0 bridgehead atoms. The van der Waals surface area contributed by atoms with Gasteiger partial charge >= 0.3 is 5.97 Å². The summed E-state index contributed by atoms with van der Waals surface area (Å²) >= 11 is 6.24. The first-order valence-corrected chi connectivity index (χ1v) is 9.81. The van der Waals surface area contributed by atoms with Crippen molar-refractivity contribution in [1.82, 2.24) is 4.98 Å². The van der Waals surface area contributed by atoms with Gasteiger partial charge in [0.15, 0.2) is 4.34 Å². The SMILES string of the molecule is Cc1ccc(-c2nc(SCC(=O)O)sc2-c2ccc(Br)cc2)cc1. The number of rotatable bonds is 5. The van der Waals surface area contributed by atoms with Crippen LogP contribution in [0.2, 0.25) is 0 Å². The van der Waals surface area contributed by atoms with E-state index in [0.29, 0.717) is 0 Å². The van der Waals surface area contributed by atoms with Gasteiger partial charge in [-0.15, -0.1) is 11.3 Å². The Kier molecular flexibility index (Phi) is 5.38. The van der Waals surface area contributed by atoms with E-state index < -0.39 is 5.97 Å². The van der Waals surface area contributed by atoms with Crippen molar-refractivity contribution < 1.29 is 9.90 Å². The van der Waals surface area contributed by atoms with Gasteiger partial charge in [0.1, 0.15) is 0 Å². The van der Waals surface area contributed by atoms with E-state index in [2.05, 4.69) is 52.1 Å². The molecule has 6 heteroatoms. The Morgan fingerprint density at radius 1 is 1.12 bits per heavy atom. The van der Waals surface area contributed by atoms with Crippen LogP contribution in [0, 0.1) is 6.92 Å². The molecule has 1 heterocycles. The van der Waals surface area contributed by atoms with Crippen LogP contribution in [-0.2, 0) is 4.79 Å². The molecular weight excluding hydrogens is 406 g/mol. The maximum absolute atomic E-state index is 10.8. The summed E-state index contributed by atoms with van der Waals surface area (Å²) in [5.41, 5.74) is 4.21. The standard InChI is InChI=1S/C18H14BrNO2S2/c1-11-2-4-12(5-3-11)16-17(13-6-8-14(19)9-7-13)24-18(20-16)23-10-15(21)22/h2-9H,10H2,1H3,(H,21,22). The third kappa shape index (κ3) is 4.06. The van der Waals surface area contributed by atoms with E-state index >= 15 is 0 Å². The Bertz CT molecular complexity index is 795. The lowest BCUT2D eigenvalue weighted by Crippen LogP contribution is -1.96. The summed E-state index contributed by atoms with van der Waals surface area (Å²) in [5.74, 6) is -0.821. The molecule has 0 saturated heterocycles.